The largest absolute Gasteiger partial charge is 0.351 e. The van der Waals surface area contributed by atoms with Crippen LogP contribution in [0.4, 0.5) is 11.4 Å². The first-order valence-electron chi connectivity index (χ1n) is 9.20. The molecular weight excluding hydrogens is 388 g/mol. The minimum Gasteiger partial charge on any atom is -0.351 e. The average molecular weight is 410 g/mol. The van der Waals surface area contributed by atoms with Gasteiger partial charge in [0.1, 0.15) is 0 Å². The lowest BCUT2D eigenvalue weighted by Gasteiger charge is -2.30. The number of nitrogens with one attached hydrogen (secondary N) is 3. The fourth-order valence-electron chi connectivity index (χ4n) is 3.21. The van der Waals surface area contributed by atoms with Gasteiger partial charge in [0.25, 0.3) is 11.6 Å². The number of allylic oxidation sites excluding steroid dienone is 1. The third-order valence-electron chi connectivity index (χ3n) is 4.77. The Morgan fingerprint density at radius 3 is 2.52 bits per heavy atom. The lowest BCUT2D eigenvalue weighted by atomic mass is 9.92. The zero-order valence-corrected chi connectivity index (χ0v) is 17.2. The Kier molecular flexibility index (Phi) is 5.93. The third kappa shape index (κ3) is 4.60. The van der Waals surface area contributed by atoms with Crippen molar-refractivity contribution in [3.63, 3.8) is 0 Å². The third-order valence-corrected chi connectivity index (χ3v) is 4.98. The van der Waals surface area contributed by atoms with E-state index in [1.54, 1.807) is 13.0 Å². The van der Waals surface area contributed by atoms with Crippen molar-refractivity contribution in [3.8, 4) is 0 Å². The highest BCUT2D eigenvalue weighted by molar-refractivity contribution is 7.80. The minimum absolute atomic E-state index is 0.0876. The molecule has 2 aromatic rings. The second kappa shape index (κ2) is 8.40. The van der Waals surface area contributed by atoms with Crippen molar-refractivity contribution in [1.82, 2.24) is 10.6 Å². The van der Waals surface area contributed by atoms with E-state index in [-0.39, 0.29) is 11.6 Å². The molecule has 2 aromatic carbocycles. The SMILES string of the molecule is CC1=C(C(=O)Nc2cccc([N+](=O)[O-])c2)C(c2ccc(C(C)C)cc2)NC(=S)N1. The van der Waals surface area contributed by atoms with Crippen LogP contribution in [0.2, 0.25) is 0 Å². The molecule has 1 atom stereocenters. The molecule has 1 aliphatic rings. The van der Waals surface area contributed by atoms with Crippen LogP contribution in [0.5, 0.6) is 0 Å². The summed E-state index contributed by atoms with van der Waals surface area (Å²) in [7, 11) is 0. The smallest absolute Gasteiger partial charge is 0.271 e. The maximum absolute atomic E-state index is 13.1. The normalized spacial score (nSPS) is 16.3. The molecule has 0 aliphatic carbocycles. The summed E-state index contributed by atoms with van der Waals surface area (Å²) in [6, 6.07) is 13.5. The van der Waals surface area contributed by atoms with Crippen LogP contribution in [-0.4, -0.2) is 15.9 Å². The summed E-state index contributed by atoms with van der Waals surface area (Å²) in [5.41, 5.74) is 3.48. The van der Waals surface area contributed by atoms with E-state index in [1.165, 1.54) is 23.8 Å². The van der Waals surface area contributed by atoms with Gasteiger partial charge in [0, 0.05) is 23.5 Å². The molecule has 0 saturated carbocycles. The van der Waals surface area contributed by atoms with Crippen LogP contribution < -0.4 is 16.0 Å². The van der Waals surface area contributed by atoms with E-state index in [4.69, 9.17) is 12.2 Å². The molecule has 0 fully saturated rings. The van der Waals surface area contributed by atoms with Gasteiger partial charge in [-0.3, -0.25) is 14.9 Å². The zero-order chi connectivity index (χ0) is 21.1. The molecule has 0 bridgehead atoms. The van der Waals surface area contributed by atoms with Crippen LogP contribution in [0.3, 0.4) is 0 Å². The van der Waals surface area contributed by atoms with Gasteiger partial charge in [-0.05, 0) is 42.3 Å². The number of non-ortho nitro benzene ring substituents is 1. The highest BCUT2D eigenvalue weighted by Gasteiger charge is 2.30. The van der Waals surface area contributed by atoms with Gasteiger partial charge in [0.05, 0.1) is 16.5 Å². The van der Waals surface area contributed by atoms with Crippen molar-refractivity contribution >= 4 is 34.6 Å². The first-order chi connectivity index (χ1) is 13.8. The fourth-order valence-corrected chi connectivity index (χ4v) is 3.48. The van der Waals surface area contributed by atoms with Crippen molar-refractivity contribution in [1.29, 1.82) is 0 Å². The number of benzene rings is 2. The Morgan fingerprint density at radius 2 is 1.90 bits per heavy atom. The van der Waals surface area contributed by atoms with E-state index in [0.29, 0.717) is 28.0 Å². The molecule has 1 heterocycles. The van der Waals surface area contributed by atoms with Crippen LogP contribution in [0.1, 0.15) is 43.9 Å². The van der Waals surface area contributed by atoms with Gasteiger partial charge in [0.15, 0.2) is 5.11 Å². The number of hydrogen-bond acceptors (Lipinski definition) is 4. The molecule has 150 valence electrons. The topological polar surface area (TPSA) is 96.3 Å². The molecular formula is C21H22N4O3S. The number of rotatable bonds is 5. The lowest BCUT2D eigenvalue weighted by Crippen LogP contribution is -2.45. The maximum atomic E-state index is 13.1. The molecule has 0 radical (unpaired) electrons. The van der Waals surface area contributed by atoms with Crippen LogP contribution in [0, 0.1) is 10.1 Å². The van der Waals surface area contributed by atoms with E-state index < -0.39 is 11.0 Å². The van der Waals surface area contributed by atoms with Gasteiger partial charge in [-0.25, -0.2) is 0 Å². The summed E-state index contributed by atoms with van der Waals surface area (Å²) in [5, 5.41) is 20.3. The Bertz CT molecular complexity index is 999. The highest BCUT2D eigenvalue weighted by atomic mass is 32.1. The number of nitrogens with zero attached hydrogens (tertiary/aromatic N) is 1. The Morgan fingerprint density at radius 1 is 1.21 bits per heavy atom. The lowest BCUT2D eigenvalue weighted by molar-refractivity contribution is -0.384. The first kappa shape index (κ1) is 20.5. The van der Waals surface area contributed by atoms with Gasteiger partial charge in [-0.15, -0.1) is 0 Å². The minimum atomic E-state index is -0.499. The van der Waals surface area contributed by atoms with Crippen LogP contribution in [-0.2, 0) is 4.79 Å². The number of carbonyl (C=O) groups excluding carboxylic acids is 1. The highest BCUT2D eigenvalue weighted by Crippen LogP contribution is 2.29. The fraction of sp³-hybridized carbons (Fsp3) is 0.238. The monoisotopic (exact) mass is 410 g/mol. The van der Waals surface area contributed by atoms with Crippen molar-refractivity contribution in [3.05, 3.63) is 81.0 Å². The van der Waals surface area contributed by atoms with Crippen molar-refractivity contribution < 1.29 is 9.72 Å². The van der Waals surface area contributed by atoms with E-state index in [0.717, 1.165) is 5.56 Å². The molecule has 1 unspecified atom stereocenters. The van der Waals surface area contributed by atoms with Gasteiger partial charge in [-0.1, -0.05) is 44.2 Å². The van der Waals surface area contributed by atoms with E-state index >= 15 is 0 Å². The summed E-state index contributed by atoms with van der Waals surface area (Å²) in [4.78, 5) is 23.6. The van der Waals surface area contributed by atoms with Crippen molar-refractivity contribution in [2.45, 2.75) is 32.7 Å². The van der Waals surface area contributed by atoms with E-state index in [2.05, 4.69) is 29.8 Å². The summed E-state index contributed by atoms with van der Waals surface area (Å²) < 4.78 is 0. The zero-order valence-electron chi connectivity index (χ0n) is 16.4. The number of nitro groups is 1. The molecule has 3 rings (SSSR count). The molecule has 8 heteroatoms. The van der Waals surface area contributed by atoms with Gasteiger partial charge < -0.3 is 16.0 Å². The summed E-state index contributed by atoms with van der Waals surface area (Å²) in [6.45, 7) is 6.02. The first-order valence-corrected chi connectivity index (χ1v) is 9.61. The summed E-state index contributed by atoms with van der Waals surface area (Å²) >= 11 is 5.28. The number of amides is 1. The van der Waals surface area contributed by atoms with Gasteiger partial charge in [0.2, 0.25) is 0 Å². The molecule has 29 heavy (non-hydrogen) atoms. The Balaban J connectivity index is 1.92. The number of carbonyl (C=O) groups is 1. The molecule has 0 spiro atoms. The number of hydrogen-bond donors (Lipinski definition) is 3. The van der Waals surface area contributed by atoms with Crippen LogP contribution in [0.15, 0.2) is 59.8 Å². The number of thiocarbonyl (C=S) groups is 1. The van der Waals surface area contributed by atoms with Crippen molar-refractivity contribution in [2.24, 2.45) is 0 Å². The van der Waals surface area contributed by atoms with E-state index in [1.807, 2.05) is 24.3 Å². The molecule has 0 saturated heterocycles. The van der Waals surface area contributed by atoms with E-state index in [9.17, 15) is 14.9 Å². The standard InChI is InChI=1S/C21H22N4O3S/c1-12(2)14-7-9-15(10-8-14)19-18(13(3)22-21(29)24-19)20(26)23-16-5-4-6-17(11-16)25(27)28/h4-12,19H,1-3H3,(H,23,26)(H2,22,24,29). The quantitative estimate of drug-likeness (QED) is 0.389. The average Bonchev–Trinajstić information content (AvgIpc) is 2.67. The molecule has 0 aromatic heterocycles. The van der Waals surface area contributed by atoms with Crippen molar-refractivity contribution in [2.75, 3.05) is 5.32 Å². The molecule has 7 nitrogen and oxygen atoms in total. The molecule has 3 N–H and O–H groups in total. The Labute approximate surface area is 174 Å². The predicted molar refractivity (Wildman–Crippen MR) is 117 cm³/mol. The summed E-state index contributed by atoms with van der Waals surface area (Å²) in [6.07, 6.45) is 0. The van der Waals surface area contributed by atoms with Gasteiger partial charge >= 0.3 is 0 Å². The molecule has 1 aliphatic heterocycles. The number of anilines is 1. The van der Waals surface area contributed by atoms with Crippen LogP contribution in [0.25, 0.3) is 0 Å². The summed E-state index contributed by atoms with van der Waals surface area (Å²) in [5.74, 6) is 0.0449. The second-order valence-electron chi connectivity index (χ2n) is 7.15. The predicted octanol–water partition coefficient (Wildman–Crippen LogP) is 4.15. The van der Waals surface area contributed by atoms with Gasteiger partial charge in [-0.2, -0.15) is 0 Å². The Hall–Kier alpha value is -3.26. The van der Waals surface area contributed by atoms with Crippen LogP contribution >= 0.6 is 12.2 Å². The second-order valence-corrected chi connectivity index (χ2v) is 7.56. The maximum Gasteiger partial charge on any atom is 0.271 e. The molecule has 1 amide bonds. The number of nitro benzene ring substituents is 1.